The highest BCUT2D eigenvalue weighted by Crippen LogP contribution is 2.25. The molecule has 3 N–H and O–H groups in total. The van der Waals surface area contributed by atoms with Crippen LogP contribution in [-0.2, 0) is 12.2 Å². The fourth-order valence-corrected chi connectivity index (χ4v) is 3.12. The average Bonchev–Trinajstić information content (AvgIpc) is 2.66. The number of pyridine rings is 1. The van der Waals surface area contributed by atoms with E-state index < -0.39 is 0 Å². The Morgan fingerprint density at radius 2 is 1.92 bits per heavy atom. The standard InChI is InChI=1S/C18H20N6OS/c1-25-15-8-3-2-7-14(15)21-18-23-16(22-17(19)24-18)12-26-11-9-13-6-4-5-10-20-13/h2-8,10H,9,11-12H2,1H3,(H3,19,21,22,23,24). The minimum absolute atomic E-state index is 0.192. The topological polar surface area (TPSA) is 98.8 Å². The predicted octanol–water partition coefficient (Wildman–Crippen LogP) is 3.08. The molecule has 0 radical (unpaired) electrons. The first-order chi connectivity index (χ1) is 12.7. The summed E-state index contributed by atoms with van der Waals surface area (Å²) in [6, 6.07) is 13.5. The lowest BCUT2D eigenvalue weighted by Crippen LogP contribution is -2.07. The number of hydrogen-bond acceptors (Lipinski definition) is 8. The van der Waals surface area contributed by atoms with Gasteiger partial charge in [-0.25, -0.2) is 0 Å². The number of anilines is 3. The molecule has 26 heavy (non-hydrogen) atoms. The molecule has 3 rings (SSSR count). The van der Waals surface area contributed by atoms with Crippen LogP contribution in [0.25, 0.3) is 0 Å². The monoisotopic (exact) mass is 368 g/mol. The number of aryl methyl sites for hydroxylation is 1. The number of benzene rings is 1. The van der Waals surface area contributed by atoms with Crippen molar-refractivity contribution in [3.05, 3.63) is 60.2 Å². The van der Waals surface area contributed by atoms with E-state index in [4.69, 9.17) is 10.5 Å². The maximum Gasteiger partial charge on any atom is 0.232 e. The maximum absolute atomic E-state index is 5.83. The number of nitrogen functional groups attached to an aromatic ring is 1. The first-order valence-electron chi connectivity index (χ1n) is 8.12. The van der Waals surface area contributed by atoms with Gasteiger partial charge in [0.25, 0.3) is 0 Å². The lowest BCUT2D eigenvalue weighted by atomic mass is 10.3. The van der Waals surface area contributed by atoms with Gasteiger partial charge in [-0.05, 0) is 36.4 Å². The summed E-state index contributed by atoms with van der Waals surface area (Å²) in [5.74, 6) is 3.52. The second-order valence-corrected chi connectivity index (χ2v) is 6.49. The van der Waals surface area contributed by atoms with Crippen LogP contribution in [0, 0.1) is 0 Å². The summed E-state index contributed by atoms with van der Waals surface area (Å²) < 4.78 is 5.32. The van der Waals surface area contributed by atoms with E-state index in [1.54, 1.807) is 18.9 Å². The average molecular weight is 368 g/mol. The van der Waals surface area contributed by atoms with Crippen LogP contribution in [0.15, 0.2) is 48.7 Å². The molecular formula is C18H20N6OS. The lowest BCUT2D eigenvalue weighted by Gasteiger charge is -2.10. The van der Waals surface area contributed by atoms with E-state index in [-0.39, 0.29) is 5.95 Å². The molecule has 0 spiro atoms. The zero-order chi connectivity index (χ0) is 18.2. The van der Waals surface area contributed by atoms with Crippen molar-refractivity contribution in [1.82, 2.24) is 19.9 Å². The van der Waals surface area contributed by atoms with Gasteiger partial charge >= 0.3 is 0 Å². The Bertz CT molecular complexity index is 846. The van der Waals surface area contributed by atoms with Gasteiger partial charge < -0.3 is 15.8 Å². The number of aromatic nitrogens is 4. The number of nitrogens with two attached hydrogens (primary N) is 1. The minimum Gasteiger partial charge on any atom is -0.495 e. The lowest BCUT2D eigenvalue weighted by molar-refractivity contribution is 0.417. The first kappa shape index (κ1) is 17.9. The number of nitrogens with one attached hydrogen (secondary N) is 1. The van der Waals surface area contributed by atoms with E-state index in [0.717, 1.165) is 23.6 Å². The molecular weight excluding hydrogens is 348 g/mol. The van der Waals surface area contributed by atoms with Gasteiger partial charge in [0.15, 0.2) is 0 Å². The molecule has 3 aromatic rings. The summed E-state index contributed by atoms with van der Waals surface area (Å²) in [4.78, 5) is 17.1. The summed E-state index contributed by atoms with van der Waals surface area (Å²) in [5.41, 5.74) is 7.68. The molecule has 0 atom stereocenters. The molecule has 0 amide bonds. The van der Waals surface area contributed by atoms with Gasteiger partial charge in [-0.3, -0.25) is 4.98 Å². The normalized spacial score (nSPS) is 10.5. The van der Waals surface area contributed by atoms with E-state index in [1.807, 2.05) is 48.7 Å². The third-order valence-corrected chi connectivity index (χ3v) is 4.47. The molecule has 2 aromatic heterocycles. The largest absolute Gasteiger partial charge is 0.495 e. The molecule has 0 aliphatic rings. The SMILES string of the molecule is COc1ccccc1Nc1nc(N)nc(CSCCc2ccccn2)n1. The van der Waals surface area contributed by atoms with Crippen LogP contribution in [-0.4, -0.2) is 32.8 Å². The summed E-state index contributed by atoms with van der Waals surface area (Å²) in [6.07, 6.45) is 2.71. The van der Waals surface area contributed by atoms with Crippen molar-refractivity contribution in [2.75, 3.05) is 23.9 Å². The molecule has 8 heteroatoms. The van der Waals surface area contributed by atoms with E-state index in [2.05, 4.69) is 25.3 Å². The number of ether oxygens (including phenoxy) is 1. The Morgan fingerprint density at radius 3 is 2.73 bits per heavy atom. The maximum atomic E-state index is 5.83. The van der Waals surface area contributed by atoms with E-state index >= 15 is 0 Å². The number of para-hydroxylation sites is 2. The highest BCUT2D eigenvalue weighted by atomic mass is 32.2. The Morgan fingerprint density at radius 1 is 1.08 bits per heavy atom. The van der Waals surface area contributed by atoms with Gasteiger partial charge in [0, 0.05) is 11.9 Å². The molecule has 7 nitrogen and oxygen atoms in total. The first-order valence-corrected chi connectivity index (χ1v) is 9.28. The van der Waals surface area contributed by atoms with Gasteiger partial charge in [0.1, 0.15) is 11.6 Å². The van der Waals surface area contributed by atoms with Crippen molar-refractivity contribution in [3.63, 3.8) is 0 Å². The van der Waals surface area contributed by atoms with E-state index in [0.29, 0.717) is 23.3 Å². The number of nitrogens with zero attached hydrogens (tertiary/aromatic N) is 4. The summed E-state index contributed by atoms with van der Waals surface area (Å²) in [6.45, 7) is 0. The van der Waals surface area contributed by atoms with Crippen LogP contribution < -0.4 is 15.8 Å². The van der Waals surface area contributed by atoms with Gasteiger partial charge in [0.05, 0.1) is 18.6 Å². The molecule has 134 valence electrons. The van der Waals surface area contributed by atoms with Crippen molar-refractivity contribution in [2.24, 2.45) is 0 Å². The van der Waals surface area contributed by atoms with Crippen molar-refractivity contribution >= 4 is 29.3 Å². The number of hydrogen-bond donors (Lipinski definition) is 2. The second-order valence-electron chi connectivity index (χ2n) is 5.38. The molecule has 0 aliphatic carbocycles. The van der Waals surface area contributed by atoms with Crippen LogP contribution in [0.2, 0.25) is 0 Å². The highest BCUT2D eigenvalue weighted by Gasteiger charge is 2.08. The van der Waals surface area contributed by atoms with Gasteiger partial charge in [0.2, 0.25) is 11.9 Å². The zero-order valence-electron chi connectivity index (χ0n) is 14.4. The van der Waals surface area contributed by atoms with Crippen LogP contribution in [0.5, 0.6) is 5.75 Å². The van der Waals surface area contributed by atoms with Crippen molar-refractivity contribution in [1.29, 1.82) is 0 Å². The van der Waals surface area contributed by atoms with Crippen molar-refractivity contribution in [3.8, 4) is 5.75 Å². The van der Waals surface area contributed by atoms with Crippen LogP contribution in [0.1, 0.15) is 11.5 Å². The highest BCUT2D eigenvalue weighted by molar-refractivity contribution is 7.98. The molecule has 1 aromatic carbocycles. The quantitative estimate of drug-likeness (QED) is 0.585. The van der Waals surface area contributed by atoms with Crippen molar-refractivity contribution in [2.45, 2.75) is 12.2 Å². The smallest absolute Gasteiger partial charge is 0.232 e. The number of rotatable bonds is 8. The fraction of sp³-hybridized carbons (Fsp3) is 0.222. The fourth-order valence-electron chi connectivity index (χ4n) is 2.31. The molecule has 0 aliphatic heterocycles. The molecule has 0 unspecified atom stereocenters. The Kier molecular flexibility index (Phi) is 6.21. The minimum atomic E-state index is 0.192. The Labute approximate surface area is 156 Å². The van der Waals surface area contributed by atoms with Gasteiger partial charge in [-0.15, -0.1) is 0 Å². The summed E-state index contributed by atoms with van der Waals surface area (Å²) in [7, 11) is 1.62. The second kappa shape index (κ2) is 9.00. The van der Waals surface area contributed by atoms with Crippen molar-refractivity contribution < 1.29 is 4.74 Å². The third-order valence-electron chi connectivity index (χ3n) is 3.51. The molecule has 0 fully saturated rings. The molecule has 2 heterocycles. The Hall–Kier alpha value is -2.87. The zero-order valence-corrected chi connectivity index (χ0v) is 15.2. The van der Waals surface area contributed by atoms with Gasteiger partial charge in [-0.2, -0.15) is 26.7 Å². The number of methoxy groups -OCH3 is 1. The van der Waals surface area contributed by atoms with E-state index in [1.165, 1.54) is 0 Å². The van der Waals surface area contributed by atoms with Crippen LogP contribution in [0.3, 0.4) is 0 Å². The third kappa shape index (κ3) is 5.06. The predicted molar refractivity (Wildman–Crippen MR) is 105 cm³/mol. The summed E-state index contributed by atoms with van der Waals surface area (Å²) in [5, 5.41) is 3.13. The Balaban J connectivity index is 1.60. The van der Waals surface area contributed by atoms with Gasteiger partial charge in [-0.1, -0.05) is 18.2 Å². The van der Waals surface area contributed by atoms with Crippen LogP contribution >= 0.6 is 11.8 Å². The van der Waals surface area contributed by atoms with E-state index in [9.17, 15) is 0 Å². The number of thioether (sulfide) groups is 1. The molecule has 0 saturated heterocycles. The van der Waals surface area contributed by atoms with Crippen LogP contribution in [0.4, 0.5) is 17.6 Å². The summed E-state index contributed by atoms with van der Waals surface area (Å²) >= 11 is 1.73. The molecule has 0 bridgehead atoms. The molecule has 0 saturated carbocycles.